The van der Waals surface area contributed by atoms with Gasteiger partial charge < -0.3 is 30.2 Å². The molecular formula is C30H32FN5O4. The number of methoxy groups -OCH3 is 2. The number of nitrogens with two attached hydrogens (primary N) is 1. The number of nitrogens with one attached hydrogen (secondary N) is 1. The number of carbonyl (C=O) groups is 1. The first-order valence-corrected chi connectivity index (χ1v) is 13.1. The van der Waals surface area contributed by atoms with E-state index in [1.165, 1.54) is 19.5 Å². The predicted molar refractivity (Wildman–Crippen MR) is 152 cm³/mol. The molecule has 40 heavy (non-hydrogen) atoms. The molecule has 0 atom stereocenters. The van der Waals surface area contributed by atoms with Crippen molar-refractivity contribution in [2.24, 2.45) is 11.7 Å². The highest BCUT2D eigenvalue weighted by Crippen LogP contribution is 2.37. The number of ether oxygens (including phenoxy) is 3. The molecular weight excluding hydrogens is 513 g/mol. The highest BCUT2D eigenvalue weighted by molar-refractivity contribution is 5.98. The van der Waals surface area contributed by atoms with Gasteiger partial charge in [-0.25, -0.2) is 14.4 Å². The number of fused-ring (bicyclic) bond motifs is 1. The summed E-state index contributed by atoms with van der Waals surface area (Å²) in [5.74, 6) is 1.22. The summed E-state index contributed by atoms with van der Waals surface area (Å²) in [4.78, 5) is 22.9. The van der Waals surface area contributed by atoms with E-state index in [1.54, 1.807) is 43.5 Å². The number of primary amides is 1. The third-order valence-corrected chi connectivity index (χ3v) is 7.25. The van der Waals surface area contributed by atoms with Gasteiger partial charge in [-0.15, -0.1) is 0 Å². The maximum atomic E-state index is 15.3. The van der Waals surface area contributed by atoms with Crippen LogP contribution in [0, 0.1) is 11.7 Å². The van der Waals surface area contributed by atoms with Gasteiger partial charge in [0.15, 0.2) is 11.5 Å². The molecule has 0 bridgehead atoms. The Bertz CT molecular complexity index is 1540. The number of rotatable bonds is 9. The number of carbonyl (C=O) groups excluding carboxylic acids is 1. The summed E-state index contributed by atoms with van der Waals surface area (Å²) >= 11 is 0. The molecule has 0 spiro atoms. The van der Waals surface area contributed by atoms with Gasteiger partial charge >= 0.3 is 0 Å². The summed E-state index contributed by atoms with van der Waals surface area (Å²) in [7, 11) is 5.16. The van der Waals surface area contributed by atoms with Crippen molar-refractivity contribution in [3.63, 3.8) is 0 Å². The minimum Gasteiger partial charge on any atom is -0.495 e. The van der Waals surface area contributed by atoms with Crippen molar-refractivity contribution in [2.75, 3.05) is 46.3 Å². The quantitative estimate of drug-likeness (QED) is 0.302. The number of likely N-dealkylation sites (tertiary alicyclic amines) is 1. The molecule has 1 aromatic heterocycles. The molecule has 0 aliphatic carbocycles. The fourth-order valence-electron chi connectivity index (χ4n) is 4.96. The molecule has 4 aromatic rings. The average molecular weight is 546 g/mol. The SMILES string of the molecule is COc1cc2c(Nc3ccc(-c4cccc(C(N)=O)c4OC)cc3F)ncnc2cc1OCC1CCN(C)CC1. The Kier molecular flexibility index (Phi) is 7.97. The number of amides is 1. The van der Waals surface area contributed by atoms with Crippen molar-refractivity contribution >= 4 is 28.3 Å². The number of anilines is 2. The summed E-state index contributed by atoms with van der Waals surface area (Å²) in [5.41, 5.74) is 7.64. The summed E-state index contributed by atoms with van der Waals surface area (Å²) in [6.07, 6.45) is 3.61. The lowest BCUT2D eigenvalue weighted by atomic mass is 9.98. The maximum absolute atomic E-state index is 15.3. The maximum Gasteiger partial charge on any atom is 0.252 e. The summed E-state index contributed by atoms with van der Waals surface area (Å²) in [6, 6.07) is 13.3. The standard InChI is InChI=1S/C30H32FN5O4/c1-36-11-9-18(10-12-36)16-40-27-15-25-22(14-26(27)38-2)30(34-17-33-25)35-24-8-7-19(13-23(24)31)20-5-4-6-21(29(32)37)28(20)39-3/h4-8,13-15,17-18H,9-12,16H2,1-3H3,(H2,32,37)(H,33,34,35). The van der Waals surface area contributed by atoms with Crippen molar-refractivity contribution in [2.45, 2.75) is 12.8 Å². The summed E-state index contributed by atoms with van der Waals surface area (Å²) < 4.78 is 32.5. The number of piperidine rings is 1. The van der Waals surface area contributed by atoms with Gasteiger partial charge in [0.2, 0.25) is 0 Å². The number of benzene rings is 3. The van der Waals surface area contributed by atoms with Crippen molar-refractivity contribution < 1.29 is 23.4 Å². The molecule has 3 N–H and O–H groups in total. The van der Waals surface area contributed by atoms with Crippen molar-refractivity contribution in [1.82, 2.24) is 14.9 Å². The number of hydrogen-bond acceptors (Lipinski definition) is 8. The molecule has 1 aliphatic rings. The first-order valence-electron chi connectivity index (χ1n) is 13.1. The smallest absolute Gasteiger partial charge is 0.252 e. The van der Waals surface area contributed by atoms with Crippen LogP contribution in [0.4, 0.5) is 15.9 Å². The Morgan fingerprint density at radius 1 is 1.07 bits per heavy atom. The van der Waals surface area contributed by atoms with Crippen LogP contribution in [0.25, 0.3) is 22.0 Å². The van der Waals surface area contributed by atoms with E-state index in [4.69, 9.17) is 19.9 Å². The Morgan fingerprint density at radius 3 is 2.58 bits per heavy atom. The van der Waals surface area contributed by atoms with Crippen LogP contribution in [-0.2, 0) is 0 Å². The Labute approximate surface area is 232 Å². The number of nitrogens with zero attached hydrogens (tertiary/aromatic N) is 3. The van der Waals surface area contributed by atoms with Crippen LogP contribution >= 0.6 is 0 Å². The second kappa shape index (κ2) is 11.7. The summed E-state index contributed by atoms with van der Waals surface area (Å²) in [5, 5.41) is 3.74. The van der Waals surface area contributed by atoms with Crippen LogP contribution in [0.3, 0.4) is 0 Å². The van der Waals surface area contributed by atoms with Crippen molar-refractivity contribution in [3.8, 4) is 28.4 Å². The largest absolute Gasteiger partial charge is 0.495 e. The van der Waals surface area contributed by atoms with E-state index in [0.29, 0.717) is 51.9 Å². The van der Waals surface area contributed by atoms with E-state index in [2.05, 4.69) is 27.2 Å². The van der Waals surface area contributed by atoms with Crippen LogP contribution < -0.4 is 25.3 Å². The lowest BCUT2D eigenvalue weighted by molar-refractivity contribution is 0.0997. The molecule has 1 amide bonds. The Hall–Kier alpha value is -4.44. The van der Waals surface area contributed by atoms with Crippen molar-refractivity contribution in [3.05, 3.63) is 66.2 Å². The first kappa shape index (κ1) is 27.1. The first-order chi connectivity index (χ1) is 19.4. The van der Waals surface area contributed by atoms with Crippen LogP contribution in [0.2, 0.25) is 0 Å². The van der Waals surface area contributed by atoms with Crippen LogP contribution in [-0.4, -0.2) is 61.7 Å². The lowest BCUT2D eigenvalue weighted by Gasteiger charge is -2.28. The van der Waals surface area contributed by atoms with E-state index < -0.39 is 11.7 Å². The van der Waals surface area contributed by atoms with Gasteiger partial charge in [-0.3, -0.25) is 4.79 Å². The zero-order chi connectivity index (χ0) is 28.2. The number of halogens is 1. The molecule has 2 heterocycles. The average Bonchev–Trinajstić information content (AvgIpc) is 2.97. The molecule has 1 fully saturated rings. The zero-order valence-corrected chi connectivity index (χ0v) is 22.7. The fraction of sp³-hybridized carbons (Fsp3) is 0.300. The molecule has 10 heteroatoms. The molecule has 9 nitrogen and oxygen atoms in total. The molecule has 0 saturated carbocycles. The predicted octanol–water partition coefficient (Wildman–Crippen LogP) is 5.02. The minimum absolute atomic E-state index is 0.218. The van der Waals surface area contributed by atoms with Gasteiger partial charge in [-0.1, -0.05) is 18.2 Å². The van der Waals surface area contributed by atoms with Crippen LogP contribution in [0.1, 0.15) is 23.2 Å². The van der Waals surface area contributed by atoms with Crippen LogP contribution in [0.5, 0.6) is 17.2 Å². The van der Waals surface area contributed by atoms with Crippen molar-refractivity contribution in [1.29, 1.82) is 0 Å². The Balaban J connectivity index is 1.40. The van der Waals surface area contributed by atoms with E-state index in [9.17, 15) is 4.79 Å². The van der Waals surface area contributed by atoms with Gasteiger partial charge in [0.05, 0.1) is 37.6 Å². The second-order valence-electron chi connectivity index (χ2n) is 9.87. The Morgan fingerprint density at radius 2 is 1.88 bits per heavy atom. The molecule has 208 valence electrons. The number of para-hydroxylation sites is 1. The number of hydrogen-bond donors (Lipinski definition) is 2. The van der Waals surface area contributed by atoms with Crippen LogP contribution in [0.15, 0.2) is 54.9 Å². The van der Waals surface area contributed by atoms with E-state index in [-0.39, 0.29) is 17.0 Å². The number of aromatic nitrogens is 2. The van der Waals surface area contributed by atoms with Gasteiger partial charge in [-0.2, -0.15) is 0 Å². The van der Waals surface area contributed by atoms with Gasteiger partial charge in [0.25, 0.3) is 5.91 Å². The highest BCUT2D eigenvalue weighted by Gasteiger charge is 2.20. The lowest BCUT2D eigenvalue weighted by Crippen LogP contribution is -2.32. The molecule has 3 aromatic carbocycles. The van der Waals surface area contributed by atoms with E-state index in [0.717, 1.165) is 25.9 Å². The summed E-state index contributed by atoms with van der Waals surface area (Å²) in [6.45, 7) is 2.74. The minimum atomic E-state index is -0.626. The zero-order valence-electron chi connectivity index (χ0n) is 22.7. The molecule has 5 rings (SSSR count). The molecule has 0 radical (unpaired) electrons. The van der Waals surface area contributed by atoms with Gasteiger partial charge in [-0.05, 0) is 68.7 Å². The molecule has 1 saturated heterocycles. The molecule has 1 aliphatic heterocycles. The van der Waals surface area contributed by atoms with Gasteiger partial charge in [0.1, 0.15) is 23.7 Å². The molecule has 0 unspecified atom stereocenters. The van der Waals surface area contributed by atoms with E-state index in [1.807, 2.05) is 6.07 Å². The normalized spacial score (nSPS) is 14.2. The monoisotopic (exact) mass is 545 g/mol. The second-order valence-corrected chi connectivity index (χ2v) is 9.87. The third kappa shape index (κ3) is 5.62. The third-order valence-electron chi connectivity index (χ3n) is 7.25. The van der Waals surface area contributed by atoms with E-state index >= 15 is 4.39 Å². The topological polar surface area (TPSA) is 112 Å². The fourth-order valence-corrected chi connectivity index (χ4v) is 4.96. The highest BCUT2D eigenvalue weighted by atomic mass is 19.1. The van der Waals surface area contributed by atoms with Gasteiger partial charge in [0, 0.05) is 17.0 Å².